The highest BCUT2D eigenvalue weighted by molar-refractivity contribution is 9.28. The molecule has 0 N–H and O–H groups in total. The van der Waals surface area contributed by atoms with E-state index in [-0.39, 0.29) is 53.9 Å². The summed E-state index contributed by atoms with van der Waals surface area (Å²) in [6, 6.07) is 0. The third-order valence-electron chi connectivity index (χ3n) is 8.13. The maximum absolute atomic E-state index is 12.2. The van der Waals surface area contributed by atoms with Crippen LogP contribution in [0, 0.1) is 28.1 Å². The highest BCUT2D eigenvalue weighted by atomic mass is 79.9. The summed E-state index contributed by atoms with van der Waals surface area (Å²) in [5, 5.41) is 0. The summed E-state index contributed by atoms with van der Waals surface area (Å²) in [6.07, 6.45) is 9.34. The maximum Gasteiger partial charge on any atom is 0.330 e. The summed E-state index contributed by atoms with van der Waals surface area (Å²) >= 11 is 7.09. The van der Waals surface area contributed by atoms with Gasteiger partial charge < -0.3 is 23.7 Å². The highest BCUT2D eigenvalue weighted by Crippen LogP contribution is 2.66. The van der Waals surface area contributed by atoms with Crippen molar-refractivity contribution in [2.75, 3.05) is 34.4 Å². The molecule has 0 unspecified atom stereocenters. The van der Waals surface area contributed by atoms with Gasteiger partial charge in [0.2, 0.25) is 0 Å². The predicted molar refractivity (Wildman–Crippen MR) is 141 cm³/mol. The molecule has 2 saturated carbocycles. The van der Waals surface area contributed by atoms with Crippen LogP contribution in [0.2, 0.25) is 0 Å². The van der Waals surface area contributed by atoms with Crippen LogP contribution in [-0.4, -0.2) is 52.6 Å². The van der Waals surface area contributed by atoms with E-state index in [2.05, 4.69) is 71.7 Å². The fourth-order valence-electron chi connectivity index (χ4n) is 6.84. The van der Waals surface area contributed by atoms with Crippen LogP contribution in [0.1, 0.15) is 60.3 Å². The van der Waals surface area contributed by atoms with E-state index in [0.29, 0.717) is 12.5 Å². The van der Waals surface area contributed by atoms with Crippen LogP contribution in [0.25, 0.3) is 0 Å². The van der Waals surface area contributed by atoms with Gasteiger partial charge in [0.1, 0.15) is 13.6 Å². The Morgan fingerprint density at radius 3 is 2.29 bits per heavy atom. The lowest BCUT2D eigenvalue weighted by atomic mass is 9.42. The Balaban J connectivity index is 2.52. The number of ether oxygens (including phenoxy) is 5. The number of fused-ring (bicyclic) bond motifs is 1. The van der Waals surface area contributed by atoms with Crippen LogP contribution in [0.4, 0.5) is 0 Å². The Labute approximate surface area is 222 Å². The minimum atomic E-state index is -0.287. The smallest absolute Gasteiger partial charge is 0.330 e. The molecule has 0 aliphatic heterocycles. The number of carbonyl (C=O) groups is 1. The highest BCUT2D eigenvalue weighted by Gasteiger charge is 2.62. The van der Waals surface area contributed by atoms with Crippen molar-refractivity contribution in [3.63, 3.8) is 0 Å². The van der Waals surface area contributed by atoms with E-state index in [9.17, 15) is 4.79 Å². The van der Waals surface area contributed by atoms with Gasteiger partial charge in [0.15, 0.2) is 0 Å². The average molecular weight is 610 g/mol. The van der Waals surface area contributed by atoms with Crippen molar-refractivity contribution >= 4 is 37.8 Å². The second kappa shape index (κ2) is 12.8. The second-order valence-corrected chi connectivity index (χ2v) is 13.4. The van der Waals surface area contributed by atoms with Crippen molar-refractivity contribution < 1.29 is 28.5 Å². The Hall–Kier alpha value is -0.250. The Morgan fingerprint density at radius 2 is 1.71 bits per heavy atom. The maximum atomic E-state index is 12.2. The molecule has 0 amide bonds. The van der Waals surface area contributed by atoms with Gasteiger partial charge in [0.05, 0.1) is 22.2 Å². The molecule has 2 fully saturated rings. The van der Waals surface area contributed by atoms with Crippen LogP contribution >= 0.6 is 31.9 Å². The Bertz CT molecular complexity index is 735. The number of hydrogen-bond donors (Lipinski definition) is 0. The van der Waals surface area contributed by atoms with E-state index >= 15 is 0 Å². The number of esters is 1. The standard InChI is InChI=1S/C26H42Br2O6/c1-8-32-22(29)12-14-25(4)13-11-19-24(2,3)23(34-17-31-7)18(33-16-30-6)15-26(19,5)20(25)9-10-21(27)28/h10,12,14,18-20,23H,8-9,11,13,15-17H2,1-7H3/b14-12+/t18-,19+,20-,23+,25-,26+/m0/s1. The van der Waals surface area contributed by atoms with Crippen molar-refractivity contribution in [2.45, 2.75) is 72.5 Å². The van der Waals surface area contributed by atoms with E-state index in [4.69, 9.17) is 23.7 Å². The van der Waals surface area contributed by atoms with Crippen LogP contribution in [0.3, 0.4) is 0 Å². The topological polar surface area (TPSA) is 63.2 Å². The number of allylic oxidation sites excluding steroid dienone is 2. The number of methoxy groups -OCH3 is 2. The van der Waals surface area contributed by atoms with Gasteiger partial charge in [-0.1, -0.05) is 39.8 Å². The molecule has 8 heteroatoms. The molecule has 0 saturated heterocycles. The number of rotatable bonds is 11. The van der Waals surface area contributed by atoms with Crippen LogP contribution < -0.4 is 0 Å². The molecule has 2 rings (SSSR count). The number of hydrogen-bond acceptors (Lipinski definition) is 6. The van der Waals surface area contributed by atoms with E-state index < -0.39 is 0 Å². The first-order chi connectivity index (χ1) is 16.0. The Morgan fingerprint density at radius 1 is 1.06 bits per heavy atom. The van der Waals surface area contributed by atoms with E-state index in [1.165, 1.54) is 0 Å². The number of carbonyl (C=O) groups excluding carboxylic acids is 1. The summed E-state index contributed by atoms with van der Waals surface area (Å²) in [4.78, 5) is 12.2. The van der Waals surface area contributed by atoms with Gasteiger partial charge in [-0.25, -0.2) is 4.79 Å². The van der Waals surface area contributed by atoms with E-state index in [1.807, 2.05) is 6.92 Å². The lowest BCUT2D eigenvalue weighted by Crippen LogP contribution is -2.63. The van der Waals surface area contributed by atoms with Gasteiger partial charge in [-0.3, -0.25) is 0 Å². The van der Waals surface area contributed by atoms with Gasteiger partial charge in [0, 0.05) is 20.3 Å². The van der Waals surface area contributed by atoms with Gasteiger partial charge in [-0.05, 0) is 92.5 Å². The molecule has 6 nitrogen and oxygen atoms in total. The molecule has 0 bridgehead atoms. The fourth-order valence-corrected chi connectivity index (χ4v) is 7.21. The molecule has 0 aromatic rings. The summed E-state index contributed by atoms with van der Waals surface area (Å²) in [5.41, 5.74) is -0.386. The lowest BCUT2D eigenvalue weighted by Gasteiger charge is -2.65. The third-order valence-corrected chi connectivity index (χ3v) is 8.78. The molecule has 0 radical (unpaired) electrons. The molecular formula is C26H42Br2O6. The molecule has 0 aromatic heterocycles. The second-order valence-electron chi connectivity index (χ2n) is 10.6. The number of halogens is 2. The van der Waals surface area contributed by atoms with Crippen molar-refractivity contribution in [1.29, 1.82) is 0 Å². The molecule has 34 heavy (non-hydrogen) atoms. The van der Waals surface area contributed by atoms with Gasteiger partial charge in [0.25, 0.3) is 0 Å². The molecule has 196 valence electrons. The third kappa shape index (κ3) is 6.74. The van der Waals surface area contributed by atoms with E-state index in [0.717, 1.165) is 29.1 Å². The van der Waals surface area contributed by atoms with Crippen molar-refractivity contribution in [3.05, 3.63) is 21.6 Å². The predicted octanol–water partition coefficient (Wildman–Crippen LogP) is 6.57. The van der Waals surface area contributed by atoms with E-state index in [1.54, 1.807) is 20.3 Å². The summed E-state index contributed by atoms with van der Waals surface area (Å²) in [5.74, 6) is 0.386. The summed E-state index contributed by atoms with van der Waals surface area (Å²) in [7, 11) is 3.29. The van der Waals surface area contributed by atoms with Gasteiger partial charge in [-0.15, -0.1) is 0 Å². The van der Waals surface area contributed by atoms with Crippen molar-refractivity contribution in [2.24, 2.45) is 28.1 Å². The largest absolute Gasteiger partial charge is 0.463 e. The molecule has 0 heterocycles. The zero-order valence-electron chi connectivity index (χ0n) is 21.7. The minimum Gasteiger partial charge on any atom is -0.463 e. The lowest BCUT2D eigenvalue weighted by molar-refractivity contribution is -0.259. The molecule has 0 aromatic carbocycles. The zero-order chi connectivity index (χ0) is 25.6. The van der Waals surface area contributed by atoms with Crippen LogP contribution in [0.5, 0.6) is 0 Å². The zero-order valence-corrected chi connectivity index (χ0v) is 24.9. The summed E-state index contributed by atoms with van der Waals surface area (Å²) < 4.78 is 29.1. The van der Waals surface area contributed by atoms with Gasteiger partial charge in [-0.2, -0.15) is 0 Å². The quantitative estimate of drug-likeness (QED) is 0.150. The monoisotopic (exact) mass is 608 g/mol. The molecule has 2 aliphatic rings. The van der Waals surface area contributed by atoms with Crippen LogP contribution in [0.15, 0.2) is 21.6 Å². The first-order valence-electron chi connectivity index (χ1n) is 12.0. The first kappa shape index (κ1) is 30.0. The SMILES string of the molecule is CCOC(=O)/C=C/[C@]1(C)CC[C@@H]2C(C)(C)[C@H](OCOC)[C@@H](OCOC)C[C@@]2(C)[C@H]1CC=C(Br)Br. The van der Waals surface area contributed by atoms with Gasteiger partial charge >= 0.3 is 5.97 Å². The first-order valence-corrected chi connectivity index (χ1v) is 13.6. The minimum absolute atomic E-state index is 0.0627. The molecule has 0 spiro atoms. The average Bonchev–Trinajstić information content (AvgIpc) is 2.75. The molecular weight excluding hydrogens is 568 g/mol. The molecule has 6 atom stereocenters. The van der Waals surface area contributed by atoms with Crippen LogP contribution in [-0.2, 0) is 28.5 Å². The van der Waals surface area contributed by atoms with Crippen molar-refractivity contribution in [3.8, 4) is 0 Å². The fraction of sp³-hybridized carbons (Fsp3) is 0.808. The Kier molecular flexibility index (Phi) is 11.3. The normalized spacial score (nSPS) is 35.1. The molecule has 2 aliphatic carbocycles. The summed E-state index contributed by atoms with van der Waals surface area (Å²) in [6.45, 7) is 11.9. The van der Waals surface area contributed by atoms with Crippen molar-refractivity contribution in [1.82, 2.24) is 0 Å².